The lowest BCUT2D eigenvalue weighted by atomic mass is 10.0. The third-order valence-electron chi connectivity index (χ3n) is 8.02. The molecule has 0 aromatic carbocycles. The van der Waals surface area contributed by atoms with Crippen LogP contribution in [-0.4, -0.2) is 46.1 Å². The number of carbonyl (C=O) groups excluding carboxylic acids is 2. The van der Waals surface area contributed by atoms with Gasteiger partial charge in [0.1, 0.15) is 0 Å². The van der Waals surface area contributed by atoms with Crippen molar-refractivity contribution in [3.05, 3.63) is 75.9 Å². The molecule has 0 spiro atoms. The molecule has 8 heteroatoms. The molecule has 0 saturated heterocycles. The lowest BCUT2D eigenvalue weighted by Crippen LogP contribution is -2.02. The number of esters is 2. The first kappa shape index (κ1) is 26.2. The predicted octanol–water partition coefficient (Wildman–Crippen LogP) is 7.12. The second-order valence-electron chi connectivity index (χ2n) is 10.6. The Hall–Kier alpha value is -4.72. The number of rotatable bonds is 7. The van der Waals surface area contributed by atoms with Crippen LogP contribution in [-0.2, 0) is 25.5 Å². The number of aryl methyl sites for hydroxylation is 3. The summed E-state index contributed by atoms with van der Waals surface area (Å²) >= 11 is 0. The Balaban J connectivity index is 1.94. The van der Waals surface area contributed by atoms with Crippen LogP contribution < -0.4 is 0 Å². The van der Waals surface area contributed by atoms with E-state index in [1.165, 1.54) is 24.2 Å². The molecular weight excluding hydrogens is 528 g/mol. The predicted molar refractivity (Wildman–Crippen MR) is 168 cm³/mol. The number of methoxy groups -OCH3 is 2. The Bertz CT molecular complexity index is 1960. The van der Waals surface area contributed by atoms with E-state index in [0.717, 1.165) is 44.7 Å². The van der Waals surface area contributed by atoms with E-state index >= 15 is 0 Å². The molecule has 2 aliphatic rings. The van der Waals surface area contributed by atoms with Crippen LogP contribution in [0.15, 0.2) is 30.8 Å². The number of hydrogen-bond donors (Lipinski definition) is 2. The summed E-state index contributed by atoms with van der Waals surface area (Å²) in [4.78, 5) is 36.9. The SMILES string of the molecule is [2H]n1c2cc3nc(cc4c(CCC(=O)OC)c(C)c(cc5nc(cc1c(C=C)c2C)C(C)=C5)n4[2H])C(CCC(=O)OC)=C3C. The standard InChI is InChI=1S/C34H36N4O4/c1-8-23-19(3)28-16-29-21(5)25(10-12-34(40)42-7)32(38-29)17-31-24(9-11-33(39)41-6)20(4)27(36-31)14-22-13-18(2)26(35-22)15-30(23)37-28/h8,13-17,36-37H,1,9-12H2,2-7H3/i/hD2. The van der Waals surface area contributed by atoms with Gasteiger partial charge >= 0.3 is 11.9 Å². The molecule has 2 N–H and O–H groups in total. The molecule has 8 bridgehead atoms. The third kappa shape index (κ3) is 5.44. The summed E-state index contributed by atoms with van der Waals surface area (Å²) in [5.41, 5.74) is 11.2. The minimum absolute atomic E-state index is 0.156. The highest BCUT2D eigenvalue weighted by Crippen LogP contribution is 2.35. The van der Waals surface area contributed by atoms with E-state index in [0.29, 0.717) is 52.0 Å². The molecule has 0 atom stereocenters. The fourth-order valence-electron chi connectivity index (χ4n) is 5.48. The number of nitrogens with one attached hydrogen (secondary N) is 2. The molecule has 0 fully saturated rings. The van der Waals surface area contributed by atoms with Crippen LogP contribution in [0.25, 0.3) is 50.9 Å². The van der Waals surface area contributed by atoms with Crippen LogP contribution in [0.1, 0.15) is 78.1 Å². The van der Waals surface area contributed by atoms with Crippen LogP contribution in [0.2, 0.25) is 2.82 Å². The van der Waals surface area contributed by atoms with Crippen molar-refractivity contribution in [2.24, 2.45) is 0 Å². The summed E-state index contributed by atoms with van der Waals surface area (Å²) < 4.78 is 28.1. The fraction of sp³-hybridized carbons (Fsp3) is 0.294. The van der Waals surface area contributed by atoms with Crippen LogP contribution >= 0.6 is 0 Å². The summed E-state index contributed by atoms with van der Waals surface area (Å²) in [5.74, 6) is -0.672. The van der Waals surface area contributed by atoms with E-state index in [2.05, 4.69) is 6.58 Å². The number of aromatic amines is 2. The minimum Gasteiger partial charge on any atom is -0.469 e. The highest BCUT2D eigenvalue weighted by molar-refractivity contribution is 5.94. The molecular formula is C34H36N4O4. The molecule has 2 aliphatic heterocycles. The van der Waals surface area contributed by atoms with Crippen LogP contribution in [0.3, 0.4) is 0 Å². The second-order valence-corrected chi connectivity index (χ2v) is 10.6. The number of ether oxygens (including phenoxy) is 2. The number of nitrogens with zero attached hydrogens (tertiary/aromatic N) is 2. The average Bonchev–Trinajstić information content (AvgIpc) is 3.64. The van der Waals surface area contributed by atoms with Gasteiger partial charge in [-0.05, 0) is 104 Å². The molecule has 0 amide bonds. The first-order valence-corrected chi connectivity index (χ1v) is 13.9. The summed E-state index contributed by atoms with van der Waals surface area (Å²) in [6, 6.07) is 7.48. The van der Waals surface area contributed by atoms with Crippen molar-refractivity contribution in [3.63, 3.8) is 0 Å². The number of H-pyrrole nitrogens is 2. The highest BCUT2D eigenvalue weighted by Gasteiger charge is 2.20. The van der Waals surface area contributed by atoms with Crippen molar-refractivity contribution in [3.8, 4) is 0 Å². The first-order chi connectivity index (χ1) is 21.0. The van der Waals surface area contributed by atoms with E-state index in [-0.39, 0.29) is 24.8 Å². The van der Waals surface area contributed by atoms with Crippen molar-refractivity contribution in [2.45, 2.75) is 53.4 Å². The van der Waals surface area contributed by atoms with E-state index in [1.54, 1.807) is 6.08 Å². The largest absolute Gasteiger partial charge is 0.469 e. The zero-order valence-corrected chi connectivity index (χ0v) is 24.9. The van der Waals surface area contributed by atoms with Crippen molar-refractivity contribution in [2.75, 3.05) is 14.2 Å². The van der Waals surface area contributed by atoms with Crippen LogP contribution in [0.5, 0.6) is 0 Å². The number of allylic oxidation sites excluding steroid dienone is 3. The number of carbonyl (C=O) groups is 2. The Kier molecular flexibility index (Phi) is 7.26. The van der Waals surface area contributed by atoms with Crippen LogP contribution in [0.4, 0.5) is 0 Å². The van der Waals surface area contributed by atoms with E-state index in [4.69, 9.17) is 20.9 Å². The molecule has 42 heavy (non-hydrogen) atoms. The fourth-order valence-corrected chi connectivity index (χ4v) is 5.48. The Labute approximate surface area is 248 Å². The summed E-state index contributed by atoms with van der Waals surface area (Å²) in [6.07, 6.45) is 4.79. The van der Waals surface area contributed by atoms with Gasteiger partial charge in [0.2, 0.25) is 0 Å². The first-order valence-electron chi connectivity index (χ1n) is 14.8. The Morgan fingerprint density at radius 3 is 2.14 bits per heavy atom. The van der Waals surface area contributed by atoms with Gasteiger partial charge in [0, 0.05) is 40.5 Å². The lowest BCUT2D eigenvalue weighted by Gasteiger charge is -2.04. The number of hydrogen-bond acceptors (Lipinski definition) is 6. The molecule has 5 heterocycles. The quantitative estimate of drug-likeness (QED) is 0.295. The zero-order chi connectivity index (χ0) is 31.9. The van der Waals surface area contributed by atoms with Gasteiger partial charge in [-0.3, -0.25) is 9.59 Å². The van der Waals surface area contributed by atoms with Crippen molar-refractivity contribution in [1.82, 2.24) is 19.9 Å². The monoisotopic (exact) mass is 566 g/mol. The minimum atomic E-state index is -0.338. The van der Waals surface area contributed by atoms with Gasteiger partial charge in [0.15, 0.2) is 2.82 Å². The molecule has 0 radical (unpaired) electrons. The third-order valence-corrected chi connectivity index (χ3v) is 8.02. The van der Waals surface area contributed by atoms with Crippen molar-refractivity contribution < 1.29 is 21.9 Å². The molecule has 0 saturated carbocycles. The summed E-state index contributed by atoms with van der Waals surface area (Å²) in [7, 11) is 2.72. The van der Waals surface area contributed by atoms with Gasteiger partial charge in [-0.15, -0.1) is 0 Å². The van der Waals surface area contributed by atoms with Gasteiger partial charge in [-0.2, -0.15) is 0 Å². The number of fused-ring (bicyclic) bond motifs is 8. The van der Waals surface area contributed by atoms with Gasteiger partial charge in [0.25, 0.3) is 0 Å². The second kappa shape index (κ2) is 11.6. The molecule has 3 aromatic heterocycles. The van der Waals surface area contributed by atoms with Gasteiger partial charge < -0.3 is 19.4 Å². The van der Waals surface area contributed by atoms with Gasteiger partial charge in [-0.1, -0.05) is 12.7 Å². The Morgan fingerprint density at radius 1 is 0.833 bits per heavy atom. The van der Waals surface area contributed by atoms with Crippen molar-refractivity contribution >= 4 is 62.9 Å². The van der Waals surface area contributed by atoms with Crippen molar-refractivity contribution in [1.29, 1.82) is 0 Å². The average molecular weight is 567 g/mol. The summed E-state index contributed by atoms with van der Waals surface area (Å²) in [5, 5.41) is 0. The smallest absolute Gasteiger partial charge is 0.305 e. The molecule has 216 valence electrons. The molecule has 5 rings (SSSR count). The summed E-state index contributed by atoms with van der Waals surface area (Å²) in [6.45, 7) is 11.8. The highest BCUT2D eigenvalue weighted by atomic mass is 16.5. The maximum absolute atomic E-state index is 12.2. The van der Waals surface area contributed by atoms with E-state index in [1.807, 2.05) is 58.0 Å². The number of aromatic nitrogens is 4. The topological polar surface area (TPSA) is 110 Å². The molecule has 3 aromatic rings. The van der Waals surface area contributed by atoms with E-state index in [9.17, 15) is 11.0 Å². The lowest BCUT2D eigenvalue weighted by molar-refractivity contribution is -0.141. The maximum atomic E-state index is 12.2. The van der Waals surface area contributed by atoms with Gasteiger partial charge in [0.05, 0.1) is 37.0 Å². The van der Waals surface area contributed by atoms with Crippen LogP contribution in [0, 0.1) is 13.8 Å². The molecule has 0 unspecified atom stereocenters. The molecule has 8 nitrogen and oxygen atoms in total. The zero-order valence-electron chi connectivity index (χ0n) is 26.9. The normalized spacial score (nSPS) is 13.4. The van der Waals surface area contributed by atoms with E-state index < -0.39 is 0 Å². The van der Waals surface area contributed by atoms with Gasteiger partial charge in [-0.25, -0.2) is 9.97 Å². The molecule has 0 aliphatic carbocycles. The Morgan fingerprint density at radius 2 is 1.45 bits per heavy atom. The maximum Gasteiger partial charge on any atom is 0.305 e.